The van der Waals surface area contributed by atoms with Gasteiger partial charge in [-0.3, -0.25) is 10.1 Å². The van der Waals surface area contributed by atoms with E-state index in [4.69, 9.17) is 14.5 Å². The van der Waals surface area contributed by atoms with Gasteiger partial charge in [0, 0.05) is 29.1 Å². The third-order valence-electron chi connectivity index (χ3n) is 5.37. The van der Waals surface area contributed by atoms with Crippen molar-refractivity contribution in [3.8, 4) is 22.4 Å². The summed E-state index contributed by atoms with van der Waals surface area (Å²) in [6.45, 7) is 12.4. The molecular weight excluding hydrogens is 498 g/mol. The summed E-state index contributed by atoms with van der Waals surface area (Å²) in [6.07, 6.45) is 2.72. The molecule has 3 heterocycles. The Morgan fingerprint density at radius 2 is 1.59 bits per heavy atom. The first-order valence-electron chi connectivity index (χ1n) is 12.4. The molecule has 4 rings (SSSR count). The molecule has 1 N–H and O–H groups in total. The largest absolute Gasteiger partial charge is 0.444 e. The number of nitrogens with zero attached hydrogens (tertiary/aromatic N) is 4. The van der Waals surface area contributed by atoms with Crippen molar-refractivity contribution in [2.75, 3.05) is 5.32 Å². The van der Waals surface area contributed by atoms with Gasteiger partial charge in [-0.2, -0.15) is 0 Å². The first-order chi connectivity index (χ1) is 18.2. The van der Waals surface area contributed by atoms with Gasteiger partial charge in [0.25, 0.3) is 0 Å². The van der Waals surface area contributed by atoms with E-state index in [0.29, 0.717) is 39.2 Å². The van der Waals surface area contributed by atoms with Gasteiger partial charge in [0.1, 0.15) is 29.1 Å². The SMILES string of the molecule is Cc1nc(-c2ccc(C=O)cc2)c2c(-c3ccnc(NC(=O)OC(C)(C)C)c3)cn(C(=O)OC(C)(C)C)c2n1. The zero-order valence-electron chi connectivity index (χ0n) is 23.0. The van der Waals surface area contributed by atoms with Crippen molar-refractivity contribution < 1.29 is 23.9 Å². The van der Waals surface area contributed by atoms with E-state index in [1.165, 1.54) is 4.57 Å². The third-order valence-corrected chi connectivity index (χ3v) is 5.37. The number of benzene rings is 1. The Morgan fingerprint density at radius 1 is 0.923 bits per heavy atom. The van der Waals surface area contributed by atoms with Gasteiger partial charge in [0.2, 0.25) is 0 Å². The first-order valence-corrected chi connectivity index (χ1v) is 12.4. The fourth-order valence-electron chi connectivity index (χ4n) is 3.91. The molecule has 0 fully saturated rings. The lowest BCUT2D eigenvalue weighted by Crippen LogP contribution is -2.27. The summed E-state index contributed by atoms with van der Waals surface area (Å²) in [5, 5.41) is 3.25. The normalized spacial score (nSPS) is 11.8. The fraction of sp³-hybridized carbons (Fsp3) is 0.310. The highest BCUT2D eigenvalue weighted by atomic mass is 16.6. The Labute approximate surface area is 226 Å². The number of hydrogen-bond acceptors (Lipinski definition) is 8. The minimum Gasteiger partial charge on any atom is -0.444 e. The van der Waals surface area contributed by atoms with Gasteiger partial charge in [-0.15, -0.1) is 0 Å². The molecule has 39 heavy (non-hydrogen) atoms. The molecule has 10 heteroatoms. The molecule has 0 saturated heterocycles. The molecule has 1 aromatic carbocycles. The highest BCUT2D eigenvalue weighted by Gasteiger charge is 2.25. The molecule has 0 atom stereocenters. The molecule has 4 aromatic rings. The Hall–Kier alpha value is -4.60. The molecular formula is C29H31N5O5. The molecule has 0 spiro atoms. The first kappa shape index (κ1) is 27.4. The number of aryl methyl sites for hydroxylation is 1. The van der Waals surface area contributed by atoms with E-state index < -0.39 is 23.4 Å². The summed E-state index contributed by atoms with van der Waals surface area (Å²) in [4.78, 5) is 50.4. The summed E-state index contributed by atoms with van der Waals surface area (Å²) in [7, 11) is 0. The van der Waals surface area contributed by atoms with Crippen molar-refractivity contribution >= 4 is 35.3 Å². The summed E-state index contributed by atoms with van der Waals surface area (Å²) >= 11 is 0. The van der Waals surface area contributed by atoms with Gasteiger partial charge < -0.3 is 9.47 Å². The second-order valence-corrected chi connectivity index (χ2v) is 11.0. The van der Waals surface area contributed by atoms with Crippen molar-refractivity contribution in [2.45, 2.75) is 59.7 Å². The number of carbonyl (C=O) groups is 3. The van der Waals surface area contributed by atoms with E-state index in [0.717, 1.165) is 11.8 Å². The molecule has 0 bridgehead atoms. The van der Waals surface area contributed by atoms with Crippen LogP contribution in [0.2, 0.25) is 0 Å². The van der Waals surface area contributed by atoms with Gasteiger partial charge in [0.15, 0.2) is 5.65 Å². The second-order valence-electron chi connectivity index (χ2n) is 11.0. The van der Waals surface area contributed by atoms with E-state index in [2.05, 4.69) is 15.3 Å². The highest BCUT2D eigenvalue weighted by Crippen LogP contribution is 2.37. The standard InChI is InChI=1S/C29H31N5O5/c1-17-31-24(19-10-8-18(16-35)9-11-19)23-21(15-34(25(23)32-17)27(37)39-29(5,6)7)20-12-13-30-22(14-20)33-26(36)38-28(2,3)4/h8-16H,1-7H3,(H,30,33,36). The van der Waals surface area contributed by atoms with Crippen molar-refractivity contribution in [1.82, 2.24) is 19.5 Å². The number of aromatic nitrogens is 4. The lowest BCUT2D eigenvalue weighted by molar-refractivity contribution is 0.0542. The van der Waals surface area contributed by atoms with Gasteiger partial charge in [-0.05, 0) is 66.2 Å². The molecule has 0 aliphatic heterocycles. The average Bonchev–Trinajstić information content (AvgIpc) is 3.21. The van der Waals surface area contributed by atoms with Gasteiger partial charge >= 0.3 is 12.2 Å². The minimum absolute atomic E-state index is 0.268. The van der Waals surface area contributed by atoms with E-state index in [1.54, 1.807) is 97.3 Å². The molecule has 0 aliphatic rings. The minimum atomic E-state index is -0.732. The third kappa shape index (κ3) is 6.46. The maximum atomic E-state index is 13.3. The Bertz CT molecular complexity index is 1560. The van der Waals surface area contributed by atoms with Crippen LogP contribution in [-0.2, 0) is 9.47 Å². The second kappa shape index (κ2) is 10.3. The molecule has 0 aliphatic carbocycles. The van der Waals surface area contributed by atoms with Gasteiger partial charge in [-0.25, -0.2) is 29.1 Å². The highest BCUT2D eigenvalue weighted by molar-refractivity contribution is 6.06. The van der Waals surface area contributed by atoms with Crippen LogP contribution in [0.15, 0.2) is 48.8 Å². The number of aldehydes is 1. The number of amides is 1. The maximum Gasteiger partial charge on any atom is 0.420 e. The predicted molar refractivity (Wildman–Crippen MR) is 148 cm³/mol. The zero-order valence-corrected chi connectivity index (χ0v) is 23.0. The van der Waals surface area contributed by atoms with E-state index >= 15 is 0 Å². The van der Waals surface area contributed by atoms with Crippen LogP contribution in [0.1, 0.15) is 57.7 Å². The number of pyridine rings is 1. The number of rotatable bonds is 4. The van der Waals surface area contributed by atoms with Crippen LogP contribution in [0.4, 0.5) is 15.4 Å². The summed E-state index contributed by atoms with van der Waals surface area (Å²) in [6, 6.07) is 10.4. The van der Waals surface area contributed by atoms with Crippen LogP contribution in [0.25, 0.3) is 33.4 Å². The number of hydrogen-bond donors (Lipinski definition) is 1. The average molecular weight is 530 g/mol. The Balaban J connectivity index is 1.92. The van der Waals surface area contributed by atoms with Crippen LogP contribution in [0.5, 0.6) is 0 Å². The van der Waals surface area contributed by atoms with Crippen LogP contribution < -0.4 is 5.32 Å². The van der Waals surface area contributed by atoms with Crippen LogP contribution in [0, 0.1) is 6.92 Å². The monoisotopic (exact) mass is 529 g/mol. The van der Waals surface area contributed by atoms with E-state index in [1.807, 2.05) is 0 Å². The van der Waals surface area contributed by atoms with Gasteiger partial charge in [0.05, 0.1) is 11.1 Å². The molecule has 10 nitrogen and oxygen atoms in total. The summed E-state index contributed by atoms with van der Waals surface area (Å²) in [5.74, 6) is 0.721. The zero-order chi connectivity index (χ0) is 28.5. The van der Waals surface area contributed by atoms with Crippen LogP contribution in [0.3, 0.4) is 0 Å². The quantitative estimate of drug-likeness (QED) is 0.301. The van der Waals surface area contributed by atoms with E-state index in [-0.39, 0.29) is 5.82 Å². The van der Waals surface area contributed by atoms with Gasteiger partial charge in [-0.1, -0.05) is 24.3 Å². The molecule has 0 saturated carbocycles. The maximum absolute atomic E-state index is 13.3. The number of carbonyl (C=O) groups excluding carboxylic acids is 3. The number of nitrogens with one attached hydrogen (secondary N) is 1. The molecule has 0 radical (unpaired) electrons. The number of ether oxygens (including phenoxy) is 2. The smallest absolute Gasteiger partial charge is 0.420 e. The fourth-order valence-corrected chi connectivity index (χ4v) is 3.91. The van der Waals surface area contributed by atoms with Crippen LogP contribution >= 0.6 is 0 Å². The lowest BCUT2D eigenvalue weighted by Gasteiger charge is -2.19. The Morgan fingerprint density at radius 3 is 2.21 bits per heavy atom. The molecule has 202 valence electrons. The topological polar surface area (TPSA) is 125 Å². The lowest BCUT2D eigenvalue weighted by atomic mass is 10.0. The van der Waals surface area contributed by atoms with E-state index in [9.17, 15) is 14.4 Å². The Kier molecular flexibility index (Phi) is 7.23. The van der Waals surface area contributed by atoms with Crippen molar-refractivity contribution in [3.05, 3.63) is 60.2 Å². The summed E-state index contributed by atoms with van der Waals surface area (Å²) in [5.41, 5.74) is 2.07. The number of fused-ring (bicyclic) bond motifs is 1. The molecule has 0 unspecified atom stereocenters. The van der Waals surface area contributed by atoms with Crippen LogP contribution in [-0.4, -0.2) is 49.2 Å². The van der Waals surface area contributed by atoms with Crippen molar-refractivity contribution in [1.29, 1.82) is 0 Å². The predicted octanol–water partition coefficient (Wildman–Crippen LogP) is 6.41. The van der Waals surface area contributed by atoms with Crippen molar-refractivity contribution in [2.24, 2.45) is 0 Å². The summed E-state index contributed by atoms with van der Waals surface area (Å²) < 4.78 is 12.4. The van der Waals surface area contributed by atoms with Crippen molar-refractivity contribution in [3.63, 3.8) is 0 Å². The molecule has 1 amide bonds. The molecule has 3 aromatic heterocycles. The number of anilines is 1.